The van der Waals surface area contributed by atoms with Crippen LogP contribution in [0.25, 0.3) is 0 Å². The van der Waals surface area contributed by atoms with Crippen LogP contribution in [0.3, 0.4) is 0 Å². The number of benzene rings is 1. The van der Waals surface area contributed by atoms with Crippen LogP contribution in [0.15, 0.2) is 17.3 Å². The van der Waals surface area contributed by atoms with Crippen molar-refractivity contribution in [1.82, 2.24) is 0 Å². The monoisotopic (exact) mass is 345 g/mol. The summed E-state index contributed by atoms with van der Waals surface area (Å²) in [5, 5.41) is 33.9. The van der Waals surface area contributed by atoms with Crippen molar-refractivity contribution in [3.05, 3.63) is 23.3 Å². The number of phenols is 1. The molecule has 0 radical (unpaired) electrons. The third-order valence-corrected chi connectivity index (χ3v) is 7.08. The Hall–Kier alpha value is -1.75. The van der Waals surface area contributed by atoms with E-state index in [1.54, 1.807) is 6.07 Å². The van der Waals surface area contributed by atoms with Crippen molar-refractivity contribution in [1.29, 1.82) is 0 Å². The lowest BCUT2D eigenvalue weighted by atomic mass is 9.55. The van der Waals surface area contributed by atoms with Gasteiger partial charge in [0.05, 0.1) is 18.4 Å². The highest BCUT2D eigenvalue weighted by Gasteiger charge is 2.55. The molecule has 3 N–H and O–H groups in total. The fourth-order valence-corrected chi connectivity index (χ4v) is 5.77. The van der Waals surface area contributed by atoms with Crippen molar-refractivity contribution in [2.24, 2.45) is 22.4 Å². The van der Waals surface area contributed by atoms with Crippen molar-refractivity contribution in [2.45, 2.75) is 58.0 Å². The maximum atomic E-state index is 10.5. The smallest absolute Gasteiger partial charge is 0.161 e. The second-order valence-electron chi connectivity index (χ2n) is 8.11. The first-order chi connectivity index (χ1) is 12.0. The number of aromatic hydroxyl groups is 1. The van der Waals surface area contributed by atoms with E-state index in [0.29, 0.717) is 42.2 Å². The number of fused-ring (bicyclic) bond motifs is 5. The number of rotatable bonds is 2. The first kappa shape index (κ1) is 16.7. The van der Waals surface area contributed by atoms with Crippen LogP contribution >= 0.6 is 0 Å². The molecular weight excluding hydrogens is 318 g/mol. The topological polar surface area (TPSA) is 82.3 Å². The Balaban J connectivity index is 1.79. The van der Waals surface area contributed by atoms with Crippen LogP contribution in [0.2, 0.25) is 0 Å². The van der Waals surface area contributed by atoms with Gasteiger partial charge in [0.2, 0.25) is 0 Å². The molecular formula is C20H27NO4. The predicted molar refractivity (Wildman–Crippen MR) is 94.5 cm³/mol. The number of aliphatic hydroxyl groups excluding tert-OH is 1. The second-order valence-corrected chi connectivity index (χ2v) is 8.11. The van der Waals surface area contributed by atoms with Crippen LogP contribution in [0.5, 0.6) is 11.5 Å². The summed E-state index contributed by atoms with van der Waals surface area (Å²) in [5.74, 6) is 1.77. The number of oxime groups is 1. The van der Waals surface area contributed by atoms with Crippen LogP contribution in [0.4, 0.5) is 0 Å². The van der Waals surface area contributed by atoms with Gasteiger partial charge >= 0.3 is 0 Å². The number of ether oxygens (including phenoxy) is 1. The zero-order valence-electron chi connectivity index (χ0n) is 14.9. The normalized spacial score (nSPS) is 38.1. The van der Waals surface area contributed by atoms with Gasteiger partial charge in [-0.15, -0.1) is 0 Å². The van der Waals surface area contributed by atoms with E-state index in [0.717, 1.165) is 36.8 Å². The molecule has 136 valence electrons. The summed E-state index contributed by atoms with van der Waals surface area (Å²) in [7, 11) is 0. The Morgan fingerprint density at radius 2 is 2.08 bits per heavy atom. The average molecular weight is 345 g/mol. The minimum atomic E-state index is -0.229. The summed E-state index contributed by atoms with van der Waals surface area (Å²) in [5.41, 5.74) is 2.57. The Bertz CT molecular complexity index is 716. The summed E-state index contributed by atoms with van der Waals surface area (Å²) < 4.78 is 5.58. The van der Waals surface area contributed by atoms with E-state index in [9.17, 15) is 15.4 Å². The van der Waals surface area contributed by atoms with E-state index in [1.165, 1.54) is 0 Å². The first-order valence-electron chi connectivity index (χ1n) is 9.38. The molecule has 1 aromatic carbocycles. The van der Waals surface area contributed by atoms with Crippen LogP contribution in [0.1, 0.15) is 63.0 Å². The van der Waals surface area contributed by atoms with Gasteiger partial charge in [-0.25, -0.2) is 0 Å². The number of nitrogens with zero attached hydrogens (tertiary/aromatic N) is 1. The Morgan fingerprint density at radius 3 is 2.80 bits per heavy atom. The molecule has 2 fully saturated rings. The molecule has 5 heteroatoms. The van der Waals surface area contributed by atoms with Gasteiger partial charge in [-0.1, -0.05) is 12.1 Å². The number of hydrogen-bond donors (Lipinski definition) is 3. The van der Waals surface area contributed by atoms with Crippen molar-refractivity contribution in [3.63, 3.8) is 0 Å². The fourth-order valence-electron chi connectivity index (χ4n) is 5.77. The van der Waals surface area contributed by atoms with Crippen molar-refractivity contribution >= 4 is 5.71 Å². The predicted octanol–water partition coefficient (Wildman–Crippen LogP) is 3.64. The van der Waals surface area contributed by atoms with E-state index in [2.05, 4.69) is 12.1 Å². The third-order valence-electron chi connectivity index (χ3n) is 7.08. The molecule has 2 saturated carbocycles. The Kier molecular flexibility index (Phi) is 3.95. The molecule has 5 nitrogen and oxygen atoms in total. The van der Waals surface area contributed by atoms with Gasteiger partial charge in [0.25, 0.3) is 0 Å². The second kappa shape index (κ2) is 5.90. The molecule has 4 rings (SSSR count). The average Bonchev–Trinajstić information content (AvgIpc) is 2.90. The lowest BCUT2D eigenvalue weighted by molar-refractivity contribution is -0.0178. The lowest BCUT2D eigenvalue weighted by Crippen LogP contribution is -2.45. The minimum Gasteiger partial charge on any atom is -0.504 e. The van der Waals surface area contributed by atoms with Gasteiger partial charge in [-0.05, 0) is 79.9 Å². The summed E-state index contributed by atoms with van der Waals surface area (Å²) in [6, 6.07) is 3.62. The molecule has 3 aliphatic carbocycles. The van der Waals surface area contributed by atoms with Crippen LogP contribution in [-0.2, 0) is 0 Å². The maximum absolute atomic E-state index is 10.5. The molecule has 0 saturated heterocycles. The molecule has 0 aromatic heterocycles. The number of aliphatic hydroxyl groups is 1. The van der Waals surface area contributed by atoms with Gasteiger partial charge in [-0.3, -0.25) is 0 Å². The van der Waals surface area contributed by atoms with Gasteiger partial charge in [0, 0.05) is 5.56 Å². The summed E-state index contributed by atoms with van der Waals surface area (Å²) >= 11 is 0. The number of phenolic OH excluding ortho intramolecular Hbond substituents is 1. The summed E-state index contributed by atoms with van der Waals surface area (Å²) in [4.78, 5) is 0. The molecule has 3 aliphatic rings. The highest BCUT2D eigenvalue weighted by atomic mass is 16.5. The fraction of sp³-hybridized carbons (Fsp3) is 0.650. The maximum Gasteiger partial charge on any atom is 0.161 e. The highest BCUT2D eigenvalue weighted by Crippen LogP contribution is 2.61. The SMILES string of the molecule is CCOc1cc2c(cc1O)/C(=N\O)C[C@H]1[C@@H]2CC[C@]2(C)[C@@H]1CC[C@@H]2O. The molecule has 0 aliphatic heterocycles. The van der Waals surface area contributed by atoms with Gasteiger partial charge < -0.3 is 20.2 Å². The van der Waals surface area contributed by atoms with E-state index >= 15 is 0 Å². The van der Waals surface area contributed by atoms with Gasteiger partial charge in [-0.2, -0.15) is 0 Å². The quantitative estimate of drug-likeness (QED) is 0.564. The Labute approximate surface area is 148 Å². The van der Waals surface area contributed by atoms with Crippen molar-refractivity contribution in [3.8, 4) is 11.5 Å². The molecule has 1 aromatic rings. The van der Waals surface area contributed by atoms with Crippen LogP contribution in [0, 0.1) is 17.3 Å². The largest absolute Gasteiger partial charge is 0.504 e. The standard InChI is InChI=1S/C20H27NO4/c1-3-25-18-10-12-11-6-7-20(2)15(4-5-19(20)23)13(11)8-16(21-24)14(12)9-17(18)22/h9-11,13,15,19,22-24H,3-8H2,1-2H3/b21-16-/t11-,13+,15-,19+,20-/m1/s1. The van der Waals surface area contributed by atoms with Gasteiger partial charge in [0.1, 0.15) is 0 Å². The molecule has 0 spiro atoms. The van der Waals surface area contributed by atoms with E-state index in [-0.39, 0.29) is 17.3 Å². The number of hydrogen-bond acceptors (Lipinski definition) is 5. The molecule has 25 heavy (non-hydrogen) atoms. The van der Waals surface area contributed by atoms with Crippen molar-refractivity contribution < 1.29 is 20.2 Å². The molecule has 0 unspecified atom stereocenters. The third kappa shape index (κ3) is 2.35. The van der Waals surface area contributed by atoms with Crippen molar-refractivity contribution in [2.75, 3.05) is 6.61 Å². The van der Waals surface area contributed by atoms with E-state index in [4.69, 9.17) is 4.74 Å². The van der Waals surface area contributed by atoms with E-state index < -0.39 is 0 Å². The zero-order valence-corrected chi connectivity index (χ0v) is 14.9. The zero-order chi connectivity index (χ0) is 17.8. The molecule has 0 bridgehead atoms. The first-order valence-corrected chi connectivity index (χ1v) is 9.38. The summed E-state index contributed by atoms with van der Waals surface area (Å²) in [6.07, 6.45) is 4.39. The summed E-state index contributed by atoms with van der Waals surface area (Å²) in [6.45, 7) is 4.61. The lowest BCUT2D eigenvalue weighted by Gasteiger charge is -2.50. The minimum absolute atomic E-state index is 0.0289. The highest BCUT2D eigenvalue weighted by molar-refractivity contribution is 6.03. The van der Waals surface area contributed by atoms with Gasteiger partial charge in [0.15, 0.2) is 11.5 Å². The van der Waals surface area contributed by atoms with E-state index in [1.807, 2.05) is 13.0 Å². The Morgan fingerprint density at radius 1 is 1.28 bits per heavy atom. The molecule has 0 heterocycles. The molecule has 5 atom stereocenters. The van der Waals surface area contributed by atoms with Crippen LogP contribution in [-0.4, -0.2) is 33.8 Å². The van der Waals surface area contributed by atoms with Crippen LogP contribution < -0.4 is 4.74 Å². The molecule has 0 amide bonds.